The topological polar surface area (TPSA) is 29.5 Å². The summed E-state index contributed by atoms with van der Waals surface area (Å²) in [7, 11) is 0. The number of ether oxygens (including phenoxy) is 1. The third-order valence-electron chi connectivity index (χ3n) is 2.06. The first-order chi connectivity index (χ1) is 5.72. The van der Waals surface area contributed by atoms with Crippen LogP contribution in [0.25, 0.3) is 0 Å². The monoisotopic (exact) mass is 171 g/mol. The Labute approximate surface area is 73.7 Å². The zero-order chi connectivity index (χ0) is 8.97. The van der Waals surface area contributed by atoms with Crippen LogP contribution < -0.4 is 0 Å². The minimum atomic E-state index is 0.306. The highest BCUT2D eigenvalue weighted by molar-refractivity contribution is 5.49. The Morgan fingerprint density at radius 2 is 2.00 bits per heavy atom. The molecule has 70 valence electrons. The van der Waals surface area contributed by atoms with Gasteiger partial charge in [0.05, 0.1) is 12.2 Å². The largest absolute Gasteiger partial charge is 0.373 e. The van der Waals surface area contributed by atoms with Crippen LogP contribution in [0.1, 0.15) is 20.3 Å². The molecule has 0 spiro atoms. The standard InChI is InChI=1S/C9H17NO2/c1-8-6-10(4-3-5-11)7-9(2)12-8/h5,8-9H,3-4,6-7H2,1-2H3. The van der Waals surface area contributed by atoms with Crippen LogP contribution in [0.5, 0.6) is 0 Å². The van der Waals surface area contributed by atoms with Gasteiger partial charge in [-0.2, -0.15) is 0 Å². The summed E-state index contributed by atoms with van der Waals surface area (Å²) in [5.74, 6) is 0. The molecule has 1 fully saturated rings. The third kappa shape index (κ3) is 2.91. The number of rotatable bonds is 3. The van der Waals surface area contributed by atoms with Crippen LogP contribution in [0.3, 0.4) is 0 Å². The predicted molar refractivity (Wildman–Crippen MR) is 47.1 cm³/mol. The highest BCUT2D eigenvalue weighted by Crippen LogP contribution is 2.10. The molecule has 0 amide bonds. The van der Waals surface area contributed by atoms with Gasteiger partial charge in [0.15, 0.2) is 0 Å². The summed E-state index contributed by atoms with van der Waals surface area (Å²) >= 11 is 0. The van der Waals surface area contributed by atoms with Crippen LogP contribution in [-0.4, -0.2) is 43.0 Å². The van der Waals surface area contributed by atoms with Gasteiger partial charge in [0, 0.05) is 26.1 Å². The average molecular weight is 171 g/mol. The Morgan fingerprint density at radius 1 is 1.42 bits per heavy atom. The zero-order valence-corrected chi connectivity index (χ0v) is 7.82. The summed E-state index contributed by atoms with van der Waals surface area (Å²) in [4.78, 5) is 12.4. The number of nitrogens with zero attached hydrogens (tertiary/aromatic N) is 1. The third-order valence-corrected chi connectivity index (χ3v) is 2.06. The van der Waals surface area contributed by atoms with Crippen molar-refractivity contribution in [2.75, 3.05) is 19.6 Å². The first kappa shape index (κ1) is 9.68. The van der Waals surface area contributed by atoms with E-state index in [-0.39, 0.29) is 0 Å². The van der Waals surface area contributed by atoms with Crippen molar-refractivity contribution in [2.24, 2.45) is 0 Å². The van der Waals surface area contributed by atoms with Crippen molar-refractivity contribution in [2.45, 2.75) is 32.5 Å². The number of hydrogen-bond acceptors (Lipinski definition) is 3. The second-order valence-corrected chi connectivity index (χ2v) is 3.47. The summed E-state index contributed by atoms with van der Waals surface area (Å²) < 4.78 is 5.57. The molecule has 0 aromatic carbocycles. The van der Waals surface area contributed by atoms with E-state index in [1.165, 1.54) is 0 Å². The Morgan fingerprint density at radius 3 is 2.50 bits per heavy atom. The Balaban J connectivity index is 2.28. The second-order valence-electron chi connectivity index (χ2n) is 3.47. The first-order valence-electron chi connectivity index (χ1n) is 4.54. The van der Waals surface area contributed by atoms with E-state index >= 15 is 0 Å². The van der Waals surface area contributed by atoms with Gasteiger partial charge in [-0.05, 0) is 13.8 Å². The van der Waals surface area contributed by atoms with Crippen LogP contribution in [-0.2, 0) is 9.53 Å². The minimum Gasteiger partial charge on any atom is -0.373 e. The van der Waals surface area contributed by atoms with Crippen molar-refractivity contribution >= 4 is 6.29 Å². The van der Waals surface area contributed by atoms with Crippen molar-refractivity contribution in [3.63, 3.8) is 0 Å². The molecule has 1 aliphatic heterocycles. The molecule has 1 aliphatic rings. The lowest BCUT2D eigenvalue weighted by Gasteiger charge is -2.34. The number of morpholine rings is 1. The fraction of sp³-hybridized carbons (Fsp3) is 0.889. The van der Waals surface area contributed by atoms with E-state index in [1.807, 2.05) is 0 Å². The molecular formula is C9H17NO2. The van der Waals surface area contributed by atoms with Gasteiger partial charge in [-0.15, -0.1) is 0 Å². The van der Waals surface area contributed by atoms with Crippen LogP contribution >= 0.6 is 0 Å². The molecule has 0 N–H and O–H groups in total. The Hall–Kier alpha value is -0.410. The molecule has 1 rings (SSSR count). The maximum atomic E-state index is 10.2. The minimum absolute atomic E-state index is 0.306. The first-order valence-corrected chi connectivity index (χ1v) is 4.54. The molecule has 1 heterocycles. The number of carbonyl (C=O) groups excluding carboxylic acids is 1. The summed E-state index contributed by atoms with van der Waals surface area (Å²) in [6.45, 7) is 6.94. The van der Waals surface area contributed by atoms with E-state index in [1.54, 1.807) is 0 Å². The molecule has 0 aliphatic carbocycles. The Kier molecular flexibility index (Phi) is 3.69. The molecular weight excluding hydrogens is 154 g/mol. The molecule has 0 aromatic rings. The van der Waals surface area contributed by atoms with Crippen molar-refractivity contribution in [1.82, 2.24) is 4.90 Å². The van der Waals surface area contributed by atoms with Gasteiger partial charge in [-0.1, -0.05) is 0 Å². The van der Waals surface area contributed by atoms with Crippen molar-refractivity contribution in [3.8, 4) is 0 Å². The zero-order valence-electron chi connectivity index (χ0n) is 7.82. The normalized spacial score (nSPS) is 31.8. The van der Waals surface area contributed by atoms with Gasteiger partial charge in [-0.3, -0.25) is 4.90 Å². The SMILES string of the molecule is CC1CN(CCC=O)CC(C)O1. The van der Waals surface area contributed by atoms with Crippen LogP contribution in [0.15, 0.2) is 0 Å². The van der Waals surface area contributed by atoms with E-state index in [2.05, 4.69) is 18.7 Å². The number of aldehydes is 1. The lowest BCUT2D eigenvalue weighted by Crippen LogP contribution is -2.45. The summed E-state index contributed by atoms with van der Waals surface area (Å²) in [5.41, 5.74) is 0. The molecule has 12 heavy (non-hydrogen) atoms. The van der Waals surface area contributed by atoms with E-state index in [0.29, 0.717) is 18.6 Å². The van der Waals surface area contributed by atoms with Gasteiger partial charge < -0.3 is 9.53 Å². The lowest BCUT2D eigenvalue weighted by atomic mass is 10.2. The fourth-order valence-corrected chi connectivity index (χ4v) is 1.70. The second kappa shape index (κ2) is 4.58. The van der Waals surface area contributed by atoms with Gasteiger partial charge >= 0.3 is 0 Å². The number of carbonyl (C=O) groups is 1. The van der Waals surface area contributed by atoms with Crippen molar-refractivity contribution in [3.05, 3.63) is 0 Å². The highest BCUT2D eigenvalue weighted by atomic mass is 16.5. The van der Waals surface area contributed by atoms with E-state index in [4.69, 9.17) is 4.74 Å². The molecule has 2 unspecified atom stereocenters. The van der Waals surface area contributed by atoms with Gasteiger partial charge in [0.25, 0.3) is 0 Å². The van der Waals surface area contributed by atoms with Crippen LogP contribution in [0, 0.1) is 0 Å². The molecule has 0 saturated carbocycles. The maximum Gasteiger partial charge on any atom is 0.121 e. The van der Waals surface area contributed by atoms with E-state index in [0.717, 1.165) is 25.9 Å². The predicted octanol–water partition coefficient (Wildman–Crippen LogP) is 0.685. The molecule has 2 atom stereocenters. The van der Waals surface area contributed by atoms with E-state index < -0.39 is 0 Å². The molecule has 0 radical (unpaired) electrons. The van der Waals surface area contributed by atoms with Gasteiger partial charge in [0.1, 0.15) is 6.29 Å². The molecule has 3 heteroatoms. The number of hydrogen-bond donors (Lipinski definition) is 0. The van der Waals surface area contributed by atoms with E-state index in [9.17, 15) is 4.79 Å². The maximum absolute atomic E-state index is 10.2. The molecule has 1 saturated heterocycles. The quantitative estimate of drug-likeness (QED) is 0.585. The molecule has 0 bridgehead atoms. The smallest absolute Gasteiger partial charge is 0.121 e. The van der Waals surface area contributed by atoms with Crippen molar-refractivity contribution < 1.29 is 9.53 Å². The van der Waals surface area contributed by atoms with Gasteiger partial charge in [0.2, 0.25) is 0 Å². The Bertz CT molecular complexity index is 139. The molecule has 0 aromatic heterocycles. The summed E-state index contributed by atoms with van der Waals surface area (Å²) in [6.07, 6.45) is 2.23. The average Bonchev–Trinajstić information content (AvgIpc) is 1.99. The van der Waals surface area contributed by atoms with Crippen LogP contribution in [0.2, 0.25) is 0 Å². The summed E-state index contributed by atoms with van der Waals surface area (Å²) in [6, 6.07) is 0. The lowest BCUT2D eigenvalue weighted by molar-refractivity contribution is -0.109. The highest BCUT2D eigenvalue weighted by Gasteiger charge is 2.21. The fourth-order valence-electron chi connectivity index (χ4n) is 1.70. The van der Waals surface area contributed by atoms with Crippen molar-refractivity contribution in [1.29, 1.82) is 0 Å². The van der Waals surface area contributed by atoms with Crippen LogP contribution in [0.4, 0.5) is 0 Å². The summed E-state index contributed by atoms with van der Waals surface area (Å²) in [5, 5.41) is 0. The molecule has 3 nitrogen and oxygen atoms in total. The van der Waals surface area contributed by atoms with Gasteiger partial charge in [-0.25, -0.2) is 0 Å².